The summed E-state index contributed by atoms with van der Waals surface area (Å²) in [7, 11) is 1.63. The number of hydrogen-bond acceptors (Lipinski definition) is 3. The summed E-state index contributed by atoms with van der Waals surface area (Å²) < 4.78 is 5.22. The lowest BCUT2D eigenvalue weighted by Gasteiger charge is -2.30. The molecule has 0 radical (unpaired) electrons. The normalized spacial score (nSPS) is 18.6. The Labute approximate surface area is 162 Å². The van der Waals surface area contributed by atoms with Crippen LogP contribution in [0.4, 0.5) is 5.69 Å². The molecular formula is C22H32N2O3. The Morgan fingerprint density at radius 2 is 1.78 bits per heavy atom. The SMILES string of the molecule is COc1ccc(N(C(=O)CNC(=O)CC2CCCCC2)C(C)C2CC2)cc1. The summed E-state index contributed by atoms with van der Waals surface area (Å²) in [6, 6.07) is 7.72. The van der Waals surface area contributed by atoms with Crippen LogP contribution in [0.25, 0.3) is 0 Å². The number of anilines is 1. The molecule has 27 heavy (non-hydrogen) atoms. The minimum Gasteiger partial charge on any atom is -0.497 e. The number of methoxy groups -OCH3 is 1. The average Bonchev–Trinajstić information content (AvgIpc) is 3.53. The first-order chi connectivity index (χ1) is 13.1. The summed E-state index contributed by atoms with van der Waals surface area (Å²) in [5.74, 6) is 1.76. The molecule has 148 valence electrons. The first-order valence-electron chi connectivity index (χ1n) is 10.3. The van der Waals surface area contributed by atoms with E-state index >= 15 is 0 Å². The Kier molecular flexibility index (Phi) is 6.75. The van der Waals surface area contributed by atoms with Crippen molar-refractivity contribution in [3.05, 3.63) is 24.3 Å². The second-order valence-corrected chi connectivity index (χ2v) is 8.02. The number of nitrogens with one attached hydrogen (secondary N) is 1. The van der Waals surface area contributed by atoms with Crippen molar-refractivity contribution in [3.8, 4) is 5.75 Å². The molecule has 0 spiro atoms. The molecule has 0 saturated heterocycles. The molecule has 0 aliphatic heterocycles. The third-order valence-electron chi connectivity index (χ3n) is 5.97. The summed E-state index contributed by atoms with van der Waals surface area (Å²) in [6.45, 7) is 2.16. The number of hydrogen-bond donors (Lipinski definition) is 1. The van der Waals surface area contributed by atoms with Gasteiger partial charge in [0.05, 0.1) is 13.7 Å². The second kappa shape index (κ2) is 9.25. The van der Waals surface area contributed by atoms with Gasteiger partial charge in [0.15, 0.2) is 0 Å². The van der Waals surface area contributed by atoms with E-state index in [-0.39, 0.29) is 24.4 Å². The van der Waals surface area contributed by atoms with Gasteiger partial charge in [-0.3, -0.25) is 9.59 Å². The Balaban J connectivity index is 1.59. The minimum atomic E-state index is -0.0449. The fourth-order valence-corrected chi connectivity index (χ4v) is 4.12. The van der Waals surface area contributed by atoms with Crippen LogP contribution in [-0.4, -0.2) is 31.5 Å². The highest BCUT2D eigenvalue weighted by Crippen LogP contribution is 2.37. The summed E-state index contributed by atoms with van der Waals surface area (Å²) in [4.78, 5) is 27.1. The monoisotopic (exact) mass is 372 g/mol. The van der Waals surface area contributed by atoms with E-state index in [1.807, 2.05) is 29.2 Å². The van der Waals surface area contributed by atoms with E-state index in [1.165, 1.54) is 19.3 Å². The van der Waals surface area contributed by atoms with Gasteiger partial charge in [0, 0.05) is 18.2 Å². The fraction of sp³-hybridized carbons (Fsp3) is 0.636. The fourth-order valence-electron chi connectivity index (χ4n) is 4.12. The van der Waals surface area contributed by atoms with Crippen LogP contribution in [0.15, 0.2) is 24.3 Å². The second-order valence-electron chi connectivity index (χ2n) is 8.02. The van der Waals surface area contributed by atoms with E-state index in [0.29, 0.717) is 18.3 Å². The van der Waals surface area contributed by atoms with Crippen molar-refractivity contribution < 1.29 is 14.3 Å². The topological polar surface area (TPSA) is 58.6 Å². The first kappa shape index (κ1) is 19.7. The molecule has 3 rings (SSSR count). The number of carbonyl (C=O) groups excluding carboxylic acids is 2. The van der Waals surface area contributed by atoms with Crippen LogP contribution in [0.5, 0.6) is 5.75 Å². The quantitative estimate of drug-likeness (QED) is 0.752. The van der Waals surface area contributed by atoms with Crippen LogP contribution < -0.4 is 15.0 Å². The zero-order valence-electron chi connectivity index (χ0n) is 16.6. The van der Waals surface area contributed by atoms with Gasteiger partial charge < -0.3 is 15.0 Å². The molecule has 2 aliphatic rings. The highest BCUT2D eigenvalue weighted by molar-refractivity contribution is 5.97. The van der Waals surface area contributed by atoms with E-state index in [9.17, 15) is 9.59 Å². The zero-order chi connectivity index (χ0) is 19.2. The molecule has 1 aromatic carbocycles. The number of nitrogens with zero attached hydrogens (tertiary/aromatic N) is 1. The van der Waals surface area contributed by atoms with Crippen LogP contribution in [0, 0.1) is 11.8 Å². The van der Waals surface area contributed by atoms with Crippen molar-refractivity contribution in [2.75, 3.05) is 18.6 Å². The summed E-state index contributed by atoms with van der Waals surface area (Å²) in [6.07, 6.45) is 8.88. The molecular weight excluding hydrogens is 340 g/mol. The van der Waals surface area contributed by atoms with Gasteiger partial charge in [0.2, 0.25) is 11.8 Å². The van der Waals surface area contributed by atoms with Gasteiger partial charge in [-0.15, -0.1) is 0 Å². The van der Waals surface area contributed by atoms with E-state index in [0.717, 1.165) is 37.1 Å². The lowest BCUT2D eigenvalue weighted by molar-refractivity contribution is -0.126. The molecule has 0 aromatic heterocycles. The molecule has 1 unspecified atom stereocenters. The molecule has 5 heteroatoms. The van der Waals surface area contributed by atoms with Crippen molar-refractivity contribution in [2.24, 2.45) is 11.8 Å². The molecule has 0 heterocycles. The largest absolute Gasteiger partial charge is 0.497 e. The average molecular weight is 373 g/mol. The molecule has 5 nitrogen and oxygen atoms in total. The van der Waals surface area contributed by atoms with E-state index in [1.54, 1.807) is 7.11 Å². The van der Waals surface area contributed by atoms with Gasteiger partial charge in [-0.1, -0.05) is 19.3 Å². The zero-order valence-corrected chi connectivity index (χ0v) is 16.6. The number of benzene rings is 1. The lowest BCUT2D eigenvalue weighted by atomic mass is 9.87. The van der Waals surface area contributed by atoms with Gasteiger partial charge in [-0.2, -0.15) is 0 Å². The van der Waals surface area contributed by atoms with Gasteiger partial charge in [-0.25, -0.2) is 0 Å². The van der Waals surface area contributed by atoms with Crippen molar-refractivity contribution in [3.63, 3.8) is 0 Å². The summed E-state index contributed by atoms with van der Waals surface area (Å²) in [5.41, 5.74) is 0.863. The molecule has 1 atom stereocenters. The van der Waals surface area contributed by atoms with Crippen LogP contribution in [0.1, 0.15) is 58.3 Å². The Morgan fingerprint density at radius 1 is 1.11 bits per heavy atom. The Bertz CT molecular complexity index is 633. The third kappa shape index (κ3) is 5.47. The predicted octanol–water partition coefficient (Wildman–Crippen LogP) is 3.91. The summed E-state index contributed by atoms with van der Waals surface area (Å²) >= 11 is 0. The molecule has 2 aliphatic carbocycles. The smallest absolute Gasteiger partial charge is 0.246 e. The maximum absolute atomic E-state index is 12.9. The number of rotatable bonds is 8. The van der Waals surface area contributed by atoms with E-state index in [4.69, 9.17) is 4.74 Å². The van der Waals surface area contributed by atoms with Gasteiger partial charge in [0.25, 0.3) is 0 Å². The standard InChI is InChI=1S/C22H32N2O3/c1-16(18-8-9-18)24(19-10-12-20(27-2)13-11-19)22(26)15-23-21(25)14-17-6-4-3-5-7-17/h10-13,16-18H,3-9,14-15H2,1-2H3,(H,23,25). The maximum Gasteiger partial charge on any atom is 0.246 e. The minimum absolute atomic E-state index is 0.00371. The summed E-state index contributed by atoms with van der Waals surface area (Å²) in [5, 5.41) is 2.86. The molecule has 2 saturated carbocycles. The third-order valence-corrected chi connectivity index (χ3v) is 5.97. The van der Waals surface area contributed by atoms with Crippen molar-refractivity contribution in [2.45, 2.75) is 64.3 Å². The number of carbonyl (C=O) groups is 2. The van der Waals surface area contributed by atoms with Crippen molar-refractivity contribution in [1.82, 2.24) is 5.32 Å². The van der Waals surface area contributed by atoms with Gasteiger partial charge in [0.1, 0.15) is 5.75 Å². The highest BCUT2D eigenvalue weighted by Gasteiger charge is 2.35. The van der Waals surface area contributed by atoms with Crippen molar-refractivity contribution in [1.29, 1.82) is 0 Å². The molecule has 0 bridgehead atoms. The van der Waals surface area contributed by atoms with Gasteiger partial charge in [-0.05, 0) is 68.7 Å². The molecule has 2 amide bonds. The van der Waals surface area contributed by atoms with Crippen LogP contribution in [0.2, 0.25) is 0 Å². The van der Waals surface area contributed by atoms with Gasteiger partial charge >= 0.3 is 0 Å². The highest BCUT2D eigenvalue weighted by atomic mass is 16.5. The van der Waals surface area contributed by atoms with Crippen LogP contribution in [-0.2, 0) is 9.59 Å². The first-order valence-corrected chi connectivity index (χ1v) is 10.3. The molecule has 1 N–H and O–H groups in total. The number of ether oxygens (including phenoxy) is 1. The maximum atomic E-state index is 12.9. The number of amides is 2. The van der Waals surface area contributed by atoms with Crippen LogP contribution >= 0.6 is 0 Å². The lowest BCUT2D eigenvalue weighted by Crippen LogP contribution is -2.46. The molecule has 1 aromatic rings. The predicted molar refractivity (Wildman–Crippen MR) is 107 cm³/mol. The molecule has 2 fully saturated rings. The van der Waals surface area contributed by atoms with E-state index in [2.05, 4.69) is 12.2 Å². The van der Waals surface area contributed by atoms with Crippen LogP contribution in [0.3, 0.4) is 0 Å². The van der Waals surface area contributed by atoms with Crippen molar-refractivity contribution >= 4 is 17.5 Å². The Morgan fingerprint density at radius 3 is 2.37 bits per heavy atom. The van der Waals surface area contributed by atoms with E-state index < -0.39 is 0 Å². The Hall–Kier alpha value is -2.04.